The highest BCUT2D eigenvalue weighted by Gasteiger charge is 2.14. The van der Waals surface area contributed by atoms with Crippen molar-refractivity contribution in [2.75, 3.05) is 6.61 Å². The van der Waals surface area contributed by atoms with Crippen LogP contribution in [0.2, 0.25) is 0 Å². The third kappa shape index (κ3) is 4.57. The monoisotopic (exact) mass is 386 g/mol. The number of thiophene rings is 1. The summed E-state index contributed by atoms with van der Waals surface area (Å²) in [5.74, 6) is 0.702. The minimum absolute atomic E-state index is 0.0875. The van der Waals surface area contributed by atoms with Gasteiger partial charge >= 0.3 is 0 Å². The first-order chi connectivity index (χ1) is 12.8. The van der Waals surface area contributed by atoms with Crippen molar-refractivity contribution in [3.05, 3.63) is 57.5 Å². The van der Waals surface area contributed by atoms with E-state index >= 15 is 0 Å². The van der Waals surface area contributed by atoms with Crippen molar-refractivity contribution >= 4 is 21.6 Å². The predicted molar refractivity (Wildman–Crippen MR) is 110 cm³/mol. The fourth-order valence-electron chi connectivity index (χ4n) is 2.84. The van der Waals surface area contributed by atoms with Crippen LogP contribution in [0.5, 0.6) is 5.75 Å². The van der Waals surface area contributed by atoms with E-state index in [9.17, 15) is 9.90 Å². The zero-order chi connectivity index (χ0) is 19.6. The van der Waals surface area contributed by atoms with E-state index in [1.54, 1.807) is 0 Å². The highest BCUT2D eigenvalue weighted by atomic mass is 32.1. The van der Waals surface area contributed by atoms with E-state index in [4.69, 9.17) is 4.74 Å². The van der Waals surface area contributed by atoms with E-state index in [0.717, 1.165) is 16.1 Å². The van der Waals surface area contributed by atoms with Crippen LogP contribution in [-0.2, 0) is 18.4 Å². The van der Waals surface area contributed by atoms with E-state index in [-0.39, 0.29) is 24.1 Å². The Morgan fingerprint density at radius 2 is 1.96 bits per heavy atom. The number of rotatable bonds is 6. The second-order valence-electron chi connectivity index (χ2n) is 7.73. The number of aromatic nitrogens is 2. The molecule has 27 heavy (non-hydrogen) atoms. The van der Waals surface area contributed by atoms with Gasteiger partial charge in [0.05, 0.1) is 18.3 Å². The molecule has 0 fully saturated rings. The van der Waals surface area contributed by atoms with E-state index < -0.39 is 6.10 Å². The largest absolute Gasteiger partial charge is 0.491 e. The van der Waals surface area contributed by atoms with Crippen LogP contribution in [0.15, 0.2) is 41.5 Å². The summed E-state index contributed by atoms with van der Waals surface area (Å²) in [4.78, 5) is 18.8. The Labute approximate surface area is 163 Å². The van der Waals surface area contributed by atoms with Crippen molar-refractivity contribution in [3.8, 4) is 5.75 Å². The lowest BCUT2D eigenvalue weighted by Crippen LogP contribution is -2.30. The van der Waals surface area contributed by atoms with Crippen molar-refractivity contribution in [1.29, 1.82) is 0 Å². The highest BCUT2D eigenvalue weighted by Crippen LogP contribution is 2.24. The van der Waals surface area contributed by atoms with Crippen molar-refractivity contribution in [2.24, 2.45) is 0 Å². The smallest absolute Gasteiger partial charge is 0.262 e. The van der Waals surface area contributed by atoms with Crippen LogP contribution in [0, 0.1) is 0 Å². The third-order valence-corrected chi connectivity index (χ3v) is 5.68. The number of hydrogen-bond acceptors (Lipinski definition) is 5. The molecule has 0 amide bonds. The van der Waals surface area contributed by atoms with Gasteiger partial charge < -0.3 is 9.84 Å². The number of aliphatic hydroxyl groups is 1. The molecule has 0 spiro atoms. The molecule has 0 aliphatic heterocycles. The van der Waals surface area contributed by atoms with Crippen LogP contribution in [0.25, 0.3) is 10.2 Å². The van der Waals surface area contributed by atoms with Gasteiger partial charge in [0.2, 0.25) is 0 Å². The maximum absolute atomic E-state index is 12.6. The Hall–Kier alpha value is -2.18. The van der Waals surface area contributed by atoms with E-state index in [2.05, 4.69) is 32.7 Å². The Morgan fingerprint density at radius 1 is 1.26 bits per heavy atom. The molecular weight excluding hydrogens is 360 g/mol. The molecule has 3 rings (SSSR count). The van der Waals surface area contributed by atoms with Gasteiger partial charge in [-0.05, 0) is 35.6 Å². The molecule has 2 heterocycles. The zero-order valence-electron chi connectivity index (χ0n) is 16.2. The molecule has 0 bridgehead atoms. The number of aryl methyl sites for hydroxylation is 1. The lowest BCUT2D eigenvalue weighted by atomic mass is 9.87. The molecule has 0 aliphatic rings. The summed E-state index contributed by atoms with van der Waals surface area (Å²) in [5.41, 5.74) is 1.19. The summed E-state index contributed by atoms with van der Waals surface area (Å²) in [5, 5.41) is 10.9. The molecule has 144 valence electrons. The molecule has 2 aromatic heterocycles. The van der Waals surface area contributed by atoms with Crippen LogP contribution in [-0.4, -0.2) is 27.4 Å². The van der Waals surface area contributed by atoms with E-state index in [1.165, 1.54) is 27.8 Å². The quantitative estimate of drug-likeness (QED) is 0.701. The first-order valence-electron chi connectivity index (χ1n) is 9.17. The van der Waals surface area contributed by atoms with Crippen molar-refractivity contribution in [3.63, 3.8) is 0 Å². The molecular formula is C21H26N2O3S. The topological polar surface area (TPSA) is 64.4 Å². The molecule has 0 radical (unpaired) electrons. The number of aliphatic hydroxyl groups excluding tert-OH is 1. The molecule has 5 nitrogen and oxygen atoms in total. The van der Waals surface area contributed by atoms with E-state index in [0.29, 0.717) is 11.1 Å². The average Bonchev–Trinajstić information content (AvgIpc) is 3.06. The van der Waals surface area contributed by atoms with Gasteiger partial charge in [0.25, 0.3) is 5.56 Å². The molecule has 1 N–H and O–H groups in total. The second-order valence-corrected chi connectivity index (χ2v) is 8.84. The van der Waals surface area contributed by atoms with Crippen LogP contribution < -0.4 is 10.3 Å². The van der Waals surface area contributed by atoms with Crippen molar-refractivity contribution < 1.29 is 9.84 Å². The summed E-state index contributed by atoms with van der Waals surface area (Å²) >= 11 is 1.54. The number of hydrogen-bond donors (Lipinski definition) is 1. The van der Waals surface area contributed by atoms with Gasteiger partial charge in [0, 0.05) is 4.88 Å². The van der Waals surface area contributed by atoms with Crippen LogP contribution >= 0.6 is 11.3 Å². The molecule has 0 saturated heterocycles. The van der Waals surface area contributed by atoms with Gasteiger partial charge in [-0.1, -0.05) is 39.8 Å². The predicted octanol–water partition coefficient (Wildman–Crippen LogP) is 3.76. The Kier molecular flexibility index (Phi) is 5.67. The first-order valence-corrected chi connectivity index (χ1v) is 9.99. The maximum Gasteiger partial charge on any atom is 0.262 e. The molecule has 1 unspecified atom stereocenters. The SMILES string of the molecule is CCc1cc2c(=O)n(CC(O)COc3ccc(C(C)(C)C)cc3)cnc2s1. The van der Waals surface area contributed by atoms with E-state index in [1.807, 2.05) is 30.3 Å². The molecule has 0 aliphatic carbocycles. The van der Waals surface area contributed by atoms with Gasteiger partial charge in [-0.2, -0.15) is 0 Å². The number of benzene rings is 1. The molecule has 0 saturated carbocycles. The molecule has 1 atom stereocenters. The summed E-state index contributed by atoms with van der Waals surface area (Å²) < 4.78 is 7.12. The van der Waals surface area contributed by atoms with Crippen LogP contribution in [0.4, 0.5) is 0 Å². The maximum atomic E-state index is 12.6. The van der Waals surface area contributed by atoms with Crippen molar-refractivity contribution in [2.45, 2.75) is 52.2 Å². The summed E-state index contributed by atoms with van der Waals surface area (Å²) in [7, 11) is 0. The van der Waals surface area contributed by atoms with Gasteiger partial charge in [-0.3, -0.25) is 9.36 Å². The molecule has 3 aromatic rings. The van der Waals surface area contributed by atoms with Crippen LogP contribution in [0.1, 0.15) is 38.1 Å². The minimum atomic E-state index is -0.798. The third-order valence-electron chi connectivity index (χ3n) is 4.49. The van der Waals surface area contributed by atoms with Crippen molar-refractivity contribution in [1.82, 2.24) is 9.55 Å². The lowest BCUT2D eigenvalue weighted by Gasteiger charge is -2.19. The highest BCUT2D eigenvalue weighted by molar-refractivity contribution is 7.18. The second kappa shape index (κ2) is 7.82. The van der Waals surface area contributed by atoms with Gasteiger partial charge in [0.15, 0.2) is 0 Å². The van der Waals surface area contributed by atoms with Gasteiger partial charge in [0.1, 0.15) is 23.3 Å². The standard InChI is InChI=1S/C21H26N2O3S/c1-5-17-10-18-19(27-17)22-13-23(20(18)25)11-15(24)12-26-16-8-6-14(7-9-16)21(2,3)4/h6-10,13,15,24H,5,11-12H2,1-4H3. The fourth-order valence-corrected chi connectivity index (χ4v) is 3.76. The normalized spacial score (nSPS) is 13.1. The number of fused-ring (bicyclic) bond motifs is 1. The summed E-state index contributed by atoms with van der Waals surface area (Å²) in [6, 6.07) is 9.78. The Bertz CT molecular complexity index is 968. The molecule has 1 aromatic carbocycles. The summed E-state index contributed by atoms with van der Waals surface area (Å²) in [6.45, 7) is 8.80. The van der Waals surface area contributed by atoms with Crippen LogP contribution in [0.3, 0.4) is 0 Å². The summed E-state index contributed by atoms with van der Waals surface area (Å²) in [6.07, 6.45) is 1.58. The number of ether oxygens (including phenoxy) is 1. The minimum Gasteiger partial charge on any atom is -0.491 e. The lowest BCUT2D eigenvalue weighted by molar-refractivity contribution is 0.0914. The van der Waals surface area contributed by atoms with Gasteiger partial charge in [-0.25, -0.2) is 4.98 Å². The fraction of sp³-hybridized carbons (Fsp3) is 0.429. The van der Waals surface area contributed by atoms with Gasteiger partial charge in [-0.15, -0.1) is 11.3 Å². The number of nitrogens with zero attached hydrogens (tertiary/aromatic N) is 2. The Balaban J connectivity index is 1.64. The average molecular weight is 387 g/mol. The zero-order valence-corrected chi connectivity index (χ0v) is 17.0. The first kappa shape index (κ1) is 19.6. The molecule has 6 heteroatoms. The Morgan fingerprint density at radius 3 is 2.59 bits per heavy atom.